The standard InChI is InChI=1S/C12H12Br2O2/c13-3-10-5-4-6(5)11(14)9(10)8(10)7(4)12(11)15-1-2-16-12/h4-9H,1-3H2/t4-,5-,6-,7-,8-,9-,10-,11+/m1/s1. The van der Waals surface area contributed by atoms with Gasteiger partial charge in [0.25, 0.3) is 0 Å². The van der Waals surface area contributed by atoms with E-state index >= 15 is 0 Å². The molecule has 0 aromatic heterocycles. The zero-order valence-electron chi connectivity index (χ0n) is 8.66. The first kappa shape index (κ1) is 8.89. The van der Waals surface area contributed by atoms with Gasteiger partial charge in [-0.05, 0) is 35.0 Å². The Morgan fingerprint density at radius 1 is 1.06 bits per heavy atom. The van der Waals surface area contributed by atoms with Crippen LogP contribution in [-0.2, 0) is 9.47 Å². The van der Waals surface area contributed by atoms with Gasteiger partial charge in [0.15, 0.2) is 5.79 Å². The molecule has 6 aliphatic carbocycles. The van der Waals surface area contributed by atoms with Crippen LogP contribution in [0.25, 0.3) is 0 Å². The Hall–Kier alpha value is 0.880. The molecule has 0 N–H and O–H groups in total. The van der Waals surface area contributed by atoms with Gasteiger partial charge in [-0.25, -0.2) is 0 Å². The van der Waals surface area contributed by atoms with Crippen molar-refractivity contribution in [1.29, 1.82) is 0 Å². The van der Waals surface area contributed by atoms with E-state index in [-0.39, 0.29) is 10.1 Å². The molecule has 2 bridgehead atoms. The van der Waals surface area contributed by atoms with Gasteiger partial charge in [0.2, 0.25) is 0 Å². The Labute approximate surface area is 111 Å². The fraction of sp³-hybridized carbons (Fsp3) is 1.00. The molecule has 1 spiro atoms. The third-order valence-corrected chi connectivity index (χ3v) is 9.35. The van der Waals surface area contributed by atoms with Gasteiger partial charge in [-0.3, -0.25) is 0 Å². The highest BCUT2D eigenvalue weighted by Gasteiger charge is 3.08. The molecule has 8 atom stereocenters. The van der Waals surface area contributed by atoms with Crippen molar-refractivity contribution in [1.82, 2.24) is 0 Å². The summed E-state index contributed by atoms with van der Waals surface area (Å²) in [5, 5.41) is 1.20. The van der Waals surface area contributed by atoms with Gasteiger partial charge in [0.1, 0.15) is 0 Å². The van der Waals surface area contributed by atoms with Crippen molar-refractivity contribution in [2.24, 2.45) is 40.9 Å². The van der Waals surface area contributed by atoms with Gasteiger partial charge < -0.3 is 9.47 Å². The first-order valence-corrected chi connectivity index (χ1v) is 8.19. The second-order valence-electron chi connectivity index (χ2n) is 6.54. The molecule has 86 valence electrons. The van der Waals surface area contributed by atoms with Gasteiger partial charge in [-0.1, -0.05) is 31.9 Å². The average molecular weight is 348 g/mol. The third-order valence-electron chi connectivity index (χ3n) is 6.81. The summed E-state index contributed by atoms with van der Waals surface area (Å²) in [6, 6.07) is 0. The van der Waals surface area contributed by atoms with Crippen LogP contribution in [0.3, 0.4) is 0 Å². The smallest absolute Gasteiger partial charge is 0.187 e. The zero-order valence-corrected chi connectivity index (χ0v) is 11.8. The summed E-state index contributed by atoms with van der Waals surface area (Å²) in [7, 11) is 0. The van der Waals surface area contributed by atoms with E-state index in [2.05, 4.69) is 31.9 Å². The van der Waals surface area contributed by atoms with Crippen molar-refractivity contribution in [3.63, 3.8) is 0 Å². The molecule has 1 aliphatic heterocycles. The lowest BCUT2D eigenvalue weighted by molar-refractivity contribution is -0.192. The first-order valence-electron chi connectivity index (χ1n) is 6.28. The highest BCUT2D eigenvalue weighted by atomic mass is 79.9. The normalized spacial score (nSPS) is 77.6. The SMILES string of the molecule is BrC[C@@]12[C@@H]3[C@H]4[C@@H]5[C@@H]1[C@H]2[C@@](Br)([C@H]43)C51OCCO1. The molecule has 7 aliphatic rings. The van der Waals surface area contributed by atoms with Crippen molar-refractivity contribution >= 4 is 31.9 Å². The van der Waals surface area contributed by atoms with Crippen LogP contribution in [0.5, 0.6) is 0 Å². The molecular formula is C12H12Br2O2. The van der Waals surface area contributed by atoms with E-state index in [1.807, 2.05) is 0 Å². The first-order chi connectivity index (χ1) is 7.75. The highest BCUT2D eigenvalue weighted by molar-refractivity contribution is 9.10. The largest absolute Gasteiger partial charge is 0.346 e. The van der Waals surface area contributed by atoms with Crippen LogP contribution in [0.15, 0.2) is 0 Å². The van der Waals surface area contributed by atoms with Gasteiger partial charge in [0.05, 0.1) is 17.5 Å². The summed E-state index contributed by atoms with van der Waals surface area (Å²) >= 11 is 7.89. The number of alkyl halides is 2. The van der Waals surface area contributed by atoms with E-state index in [1.165, 1.54) is 5.33 Å². The quantitative estimate of drug-likeness (QED) is 0.675. The van der Waals surface area contributed by atoms with Gasteiger partial charge in [-0.2, -0.15) is 0 Å². The molecule has 1 saturated heterocycles. The van der Waals surface area contributed by atoms with Crippen LogP contribution in [0.4, 0.5) is 0 Å². The zero-order chi connectivity index (χ0) is 10.5. The third kappa shape index (κ3) is 0.473. The van der Waals surface area contributed by atoms with Crippen LogP contribution < -0.4 is 0 Å². The molecular weight excluding hydrogens is 336 g/mol. The lowest BCUT2D eigenvalue weighted by atomic mass is 9.95. The van der Waals surface area contributed by atoms with E-state index in [4.69, 9.17) is 9.47 Å². The molecule has 0 unspecified atom stereocenters. The Morgan fingerprint density at radius 2 is 1.81 bits per heavy atom. The van der Waals surface area contributed by atoms with Crippen molar-refractivity contribution in [3.05, 3.63) is 0 Å². The number of ether oxygens (including phenoxy) is 2. The molecule has 0 aromatic carbocycles. The summed E-state index contributed by atoms with van der Waals surface area (Å²) < 4.78 is 12.4. The molecule has 1 heterocycles. The summed E-state index contributed by atoms with van der Waals surface area (Å²) in [5.74, 6) is 5.01. The van der Waals surface area contributed by atoms with Crippen LogP contribution >= 0.6 is 31.9 Å². The fourth-order valence-electron chi connectivity index (χ4n) is 6.87. The molecule has 6 saturated carbocycles. The van der Waals surface area contributed by atoms with Crippen molar-refractivity contribution in [3.8, 4) is 0 Å². The van der Waals surface area contributed by atoms with E-state index in [9.17, 15) is 0 Å². The van der Waals surface area contributed by atoms with Crippen molar-refractivity contribution in [2.45, 2.75) is 10.1 Å². The predicted molar refractivity (Wildman–Crippen MR) is 63.5 cm³/mol. The van der Waals surface area contributed by atoms with Gasteiger partial charge >= 0.3 is 0 Å². The van der Waals surface area contributed by atoms with E-state index in [0.29, 0.717) is 11.3 Å². The van der Waals surface area contributed by atoms with Crippen LogP contribution in [-0.4, -0.2) is 28.7 Å². The molecule has 0 aromatic rings. The monoisotopic (exact) mass is 346 g/mol. The number of rotatable bonds is 1. The number of halogens is 2. The lowest BCUT2D eigenvalue weighted by Crippen LogP contribution is -2.50. The van der Waals surface area contributed by atoms with Crippen LogP contribution in [0.1, 0.15) is 0 Å². The Kier molecular flexibility index (Phi) is 1.11. The highest BCUT2D eigenvalue weighted by Crippen LogP contribution is 3.04. The summed E-state index contributed by atoms with van der Waals surface area (Å²) in [4.78, 5) is 0. The minimum Gasteiger partial charge on any atom is -0.346 e. The second kappa shape index (κ2) is 2.00. The van der Waals surface area contributed by atoms with Gasteiger partial charge in [0, 0.05) is 11.2 Å². The Balaban J connectivity index is 1.63. The minimum absolute atomic E-state index is 0.189. The number of hydrogen-bond donors (Lipinski definition) is 0. The molecule has 4 heteroatoms. The maximum atomic E-state index is 6.11. The van der Waals surface area contributed by atoms with E-state index in [0.717, 1.165) is 42.8 Å². The van der Waals surface area contributed by atoms with Gasteiger partial charge in [-0.15, -0.1) is 0 Å². The van der Waals surface area contributed by atoms with Crippen LogP contribution in [0.2, 0.25) is 0 Å². The molecule has 7 fully saturated rings. The second-order valence-corrected chi connectivity index (χ2v) is 8.41. The maximum Gasteiger partial charge on any atom is 0.187 e. The molecule has 16 heavy (non-hydrogen) atoms. The van der Waals surface area contributed by atoms with E-state index in [1.54, 1.807) is 0 Å². The Bertz CT molecular complexity index is 448. The Morgan fingerprint density at radius 3 is 2.25 bits per heavy atom. The van der Waals surface area contributed by atoms with E-state index < -0.39 is 0 Å². The predicted octanol–water partition coefficient (Wildman–Crippen LogP) is 2.01. The molecule has 2 nitrogen and oxygen atoms in total. The molecule has 0 amide bonds. The molecule has 7 rings (SSSR count). The summed E-state index contributed by atoms with van der Waals surface area (Å²) in [6.45, 7) is 1.60. The summed E-state index contributed by atoms with van der Waals surface area (Å²) in [6.07, 6.45) is 0. The number of hydrogen-bond acceptors (Lipinski definition) is 2. The minimum atomic E-state index is -0.212. The molecule has 0 radical (unpaired) electrons. The topological polar surface area (TPSA) is 18.5 Å². The lowest BCUT2D eigenvalue weighted by Gasteiger charge is -2.37. The fourth-order valence-corrected chi connectivity index (χ4v) is 9.76. The van der Waals surface area contributed by atoms with Crippen molar-refractivity contribution < 1.29 is 9.47 Å². The van der Waals surface area contributed by atoms with Crippen LogP contribution in [0, 0.1) is 40.9 Å². The summed E-state index contributed by atoms with van der Waals surface area (Å²) in [5.41, 5.74) is 0.643. The maximum absolute atomic E-state index is 6.11. The average Bonchev–Trinajstić information content (AvgIpc) is 2.97. The van der Waals surface area contributed by atoms with Crippen molar-refractivity contribution in [2.75, 3.05) is 18.5 Å².